The summed E-state index contributed by atoms with van der Waals surface area (Å²) < 4.78 is 11.0. The Bertz CT molecular complexity index is 3060. The van der Waals surface area contributed by atoms with Crippen LogP contribution < -0.4 is 0 Å². The number of hydrogen-bond donors (Lipinski definition) is 0. The zero-order valence-electron chi connectivity index (χ0n) is 27.2. The maximum atomic E-state index is 6.42. The van der Waals surface area contributed by atoms with Gasteiger partial charge in [0.25, 0.3) is 0 Å². The van der Waals surface area contributed by atoms with E-state index in [1.807, 2.05) is 72.8 Å². The van der Waals surface area contributed by atoms with Crippen molar-refractivity contribution < 1.29 is 4.42 Å². The predicted molar refractivity (Wildman–Crippen MR) is 207 cm³/mol. The third kappa shape index (κ3) is 4.14. The molecule has 238 valence electrons. The molecule has 0 fully saturated rings. The van der Waals surface area contributed by atoms with E-state index in [9.17, 15) is 0 Å². The van der Waals surface area contributed by atoms with Gasteiger partial charge in [0.1, 0.15) is 11.2 Å². The standard InChI is InChI=1S/C45H27N5O/c1-4-14-28(15-5-1)43-46-44(29-16-6-2-7-17-29)48-45(47-43)50-37-22-12-10-20-31(37)33-24-25-34-35-27-40-36(32-21-11-13-23-39(32)51-40)26-38(35)49(41(34)42(33)50)30-18-8-3-9-19-30/h1-27H. The minimum Gasteiger partial charge on any atom is -0.456 e. The second kappa shape index (κ2) is 10.7. The lowest BCUT2D eigenvalue weighted by molar-refractivity contribution is 0.669. The third-order valence-corrected chi connectivity index (χ3v) is 9.96. The number of benzene rings is 7. The van der Waals surface area contributed by atoms with Crippen LogP contribution in [-0.4, -0.2) is 24.1 Å². The van der Waals surface area contributed by atoms with Crippen molar-refractivity contribution in [2.24, 2.45) is 0 Å². The van der Waals surface area contributed by atoms with Gasteiger partial charge >= 0.3 is 0 Å². The summed E-state index contributed by atoms with van der Waals surface area (Å²) in [5, 5.41) is 6.67. The molecular formula is C45H27N5O. The van der Waals surface area contributed by atoms with Crippen LogP contribution in [0.5, 0.6) is 0 Å². The first-order chi connectivity index (χ1) is 25.3. The molecule has 0 amide bonds. The molecule has 11 aromatic rings. The van der Waals surface area contributed by atoms with Crippen molar-refractivity contribution in [1.29, 1.82) is 0 Å². The Morgan fingerprint density at radius 3 is 1.65 bits per heavy atom. The van der Waals surface area contributed by atoms with Gasteiger partial charge in [-0.05, 0) is 36.4 Å². The SMILES string of the molecule is c1ccc(-c2nc(-c3ccccc3)nc(-n3c4ccccc4c4ccc5c6cc7oc8ccccc8c7cc6n(-c6ccccc6)c5c43)n2)cc1. The fourth-order valence-corrected chi connectivity index (χ4v) is 7.72. The lowest BCUT2D eigenvalue weighted by atomic mass is 10.1. The molecule has 7 aromatic carbocycles. The number of nitrogens with zero attached hydrogens (tertiary/aromatic N) is 5. The highest BCUT2D eigenvalue weighted by molar-refractivity contribution is 6.25. The van der Waals surface area contributed by atoms with Gasteiger partial charge in [-0.15, -0.1) is 0 Å². The summed E-state index contributed by atoms with van der Waals surface area (Å²) >= 11 is 0. The number of hydrogen-bond acceptors (Lipinski definition) is 4. The van der Waals surface area contributed by atoms with E-state index in [-0.39, 0.29) is 0 Å². The van der Waals surface area contributed by atoms with Crippen molar-refractivity contribution in [3.63, 3.8) is 0 Å². The van der Waals surface area contributed by atoms with Crippen LogP contribution in [-0.2, 0) is 0 Å². The Kier molecular flexibility index (Phi) is 5.86. The highest BCUT2D eigenvalue weighted by Crippen LogP contribution is 2.43. The summed E-state index contributed by atoms with van der Waals surface area (Å²) in [7, 11) is 0. The molecule has 0 atom stereocenters. The molecule has 0 saturated heterocycles. The minimum atomic E-state index is 0.561. The number of fused-ring (bicyclic) bond motifs is 10. The van der Waals surface area contributed by atoms with Crippen molar-refractivity contribution in [2.75, 3.05) is 0 Å². The molecule has 0 bridgehead atoms. The maximum Gasteiger partial charge on any atom is 0.238 e. The molecule has 0 spiro atoms. The third-order valence-electron chi connectivity index (χ3n) is 9.96. The first-order valence-corrected chi connectivity index (χ1v) is 17.0. The second-order valence-electron chi connectivity index (χ2n) is 12.9. The summed E-state index contributed by atoms with van der Waals surface area (Å²) in [6.45, 7) is 0. The normalized spacial score (nSPS) is 11.9. The van der Waals surface area contributed by atoms with Crippen LogP contribution in [0.3, 0.4) is 0 Å². The van der Waals surface area contributed by atoms with Crippen LogP contribution in [0, 0.1) is 0 Å². The predicted octanol–water partition coefficient (Wildman–Crippen LogP) is 11.3. The zero-order chi connectivity index (χ0) is 33.5. The topological polar surface area (TPSA) is 61.7 Å². The Balaban J connectivity index is 1.33. The van der Waals surface area contributed by atoms with Gasteiger partial charge in [-0.2, -0.15) is 9.97 Å². The molecule has 4 aromatic heterocycles. The van der Waals surface area contributed by atoms with E-state index in [1.165, 1.54) is 0 Å². The van der Waals surface area contributed by atoms with E-state index in [2.05, 4.69) is 100 Å². The van der Waals surface area contributed by atoms with Gasteiger partial charge in [-0.3, -0.25) is 4.57 Å². The Labute approximate surface area is 291 Å². The average Bonchev–Trinajstić information content (AvgIpc) is 3.85. The molecule has 0 aliphatic carbocycles. The lowest BCUT2D eigenvalue weighted by Gasteiger charge is -2.13. The second-order valence-corrected chi connectivity index (χ2v) is 12.9. The van der Waals surface area contributed by atoms with Crippen molar-refractivity contribution in [3.05, 3.63) is 164 Å². The summed E-state index contributed by atoms with van der Waals surface area (Å²) in [6.07, 6.45) is 0. The van der Waals surface area contributed by atoms with Gasteiger partial charge < -0.3 is 8.98 Å². The smallest absolute Gasteiger partial charge is 0.238 e. The molecule has 6 heteroatoms. The molecule has 11 rings (SSSR count). The largest absolute Gasteiger partial charge is 0.456 e. The van der Waals surface area contributed by atoms with Gasteiger partial charge in [-0.1, -0.05) is 127 Å². The summed E-state index contributed by atoms with van der Waals surface area (Å²) in [4.78, 5) is 15.4. The number of para-hydroxylation sites is 3. The van der Waals surface area contributed by atoms with Crippen LogP contribution in [0.1, 0.15) is 0 Å². The molecule has 0 unspecified atom stereocenters. The first-order valence-electron chi connectivity index (χ1n) is 17.0. The van der Waals surface area contributed by atoms with E-state index < -0.39 is 0 Å². The van der Waals surface area contributed by atoms with Gasteiger partial charge in [0.05, 0.1) is 22.1 Å². The number of aromatic nitrogens is 5. The molecule has 4 heterocycles. The van der Waals surface area contributed by atoms with Gasteiger partial charge in [0, 0.05) is 49.1 Å². The van der Waals surface area contributed by atoms with Gasteiger partial charge in [0.2, 0.25) is 5.95 Å². The molecule has 0 aliphatic heterocycles. The van der Waals surface area contributed by atoms with Crippen molar-refractivity contribution in [1.82, 2.24) is 24.1 Å². The molecule has 0 N–H and O–H groups in total. The number of furan rings is 1. The van der Waals surface area contributed by atoms with Crippen molar-refractivity contribution >= 4 is 65.6 Å². The summed E-state index contributed by atoms with van der Waals surface area (Å²) in [5.41, 5.74) is 8.91. The molecule has 0 aliphatic rings. The fraction of sp³-hybridized carbons (Fsp3) is 0. The monoisotopic (exact) mass is 653 g/mol. The van der Waals surface area contributed by atoms with Crippen LogP contribution in [0.4, 0.5) is 0 Å². The molecular weight excluding hydrogens is 627 g/mol. The summed E-state index contributed by atoms with van der Waals surface area (Å²) in [6, 6.07) is 56.6. The molecule has 0 saturated carbocycles. The van der Waals surface area contributed by atoms with Crippen LogP contribution in [0.15, 0.2) is 168 Å². The van der Waals surface area contributed by atoms with Crippen LogP contribution >= 0.6 is 0 Å². The average molecular weight is 654 g/mol. The zero-order valence-corrected chi connectivity index (χ0v) is 27.2. The quantitative estimate of drug-likeness (QED) is 0.190. The summed E-state index contributed by atoms with van der Waals surface area (Å²) in [5.74, 6) is 1.80. The van der Waals surface area contributed by atoms with Crippen molar-refractivity contribution in [2.45, 2.75) is 0 Å². The van der Waals surface area contributed by atoms with Crippen LogP contribution in [0.25, 0.3) is 100.0 Å². The maximum absolute atomic E-state index is 6.42. The van der Waals surface area contributed by atoms with Gasteiger partial charge in [-0.25, -0.2) is 4.98 Å². The van der Waals surface area contributed by atoms with E-state index >= 15 is 0 Å². The van der Waals surface area contributed by atoms with Crippen LogP contribution in [0.2, 0.25) is 0 Å². The highest BCUT2D eigenvalue weighted by Gasteiger charge is 2.24. The Morgan fingerprint density at radius 2 is 0.941 bits per heavy atom. The molecule has 51 heavy (non-hydrogen) atoms. The molecule has 6 nitrogen and oxygen atoms in total. The minimum absolute atomic E-state index is 0.561. The van der Waals surface area contributed by atoms with E-state index in [0.29, 0.717) is 17.6 Å². The van der Waals surface area contributed by atoms with Crippen molar-refractivity contribution in [3.8, 4) is 34.4 Å². The van der Waals surface area contributed by atoms with E-state index in [1.54, 1.807) is 0 Å². The first kappa shape index (κ1) is 27.9. The fourth-order valence-electron chi connectivity index (χ4n) is 7.72. The van der Waals surface area contributed by atoms with E-state index in [4.69, 9.17) is 19.4 Å². The Morgan fingerprint density at radius 1 is 0.373 bits per heavy atom. The highest BCUT2D eigenvalue weighted by atomic mass is 16.3. The van der Waals surface area contributed by atoms with E-state index in [0.717, 1.165) is 82.4 Å². The Hall–Kier alpha value is -7.05. The lowest BCUT2D eigenvalue weighted by Crippen LogP contribution is -2.07. The molecule has 0 radical (unpaired) electrons. The van der Waals surface area contributed by atoms with Gasteiger partial charge in [0.15, 0.2) is 11.6 Å². The number of rotatable bonds is 4.